The van der Waals surface area contributed by atoms with Gasteiger partial charge in [0.1, 0.15) is 0 Å². The monoisotopic (exact) mass is 329 g/mol. The number of hydrogen-bond donors (Lipinski definition) is 1. The van der Waals surface area contributed by atoms with Crippen LogP contribution in [0.5, 0.6) is 0 Å². The topological polar surface area (TPSA) is 95.6 Å². The fourth-order valence-electron chi connectivity index (χ4n) is 2.78. The van der Waals surface area contributed by atoms with Gasteiger partial charge in [0, 0.05) is 57.3 Å². The van der Waals surface area contributed by atoms with Crippen LogP contribution in [-0.4, -0.2) is 57.6 Å². The molecule has 8 nitrogen and oxygen atoms in total. The Balaban J connectivity index is 1.56. The summed E-state index contributed by atoms with van der Waals surface area (Å²) in [6, 6.07) is 7.95. The van der Waals surface area contributed by atoms with E-state index in [-0.39, 0.29) is 5.69 Å². The van der Waals surface area contributed by atoms with Crippen molar-refractivity contribution in [2.75, 3.05) is 37.6 Å². The fraction of sp³-hybridized carbons (Fsp3) is 0.375. The third kappa shape index (κ3) is 3.84. The minimum atomic E-state index is -0.746. The zero-order valence-electron chi connectivity index (χ0n) is 13.2. The van der Waals surface area contributed by atoms with Crippen LogP contribution in [0.4, 0.5) is 11.6 Å². The van der Waals surface area contributed by atoms with Crippen LogP contribution < -0.4 is 4.90 Å². The lowest BCUT2D eigenvalue weighted by atomic mass is 10.1. The van der Waals surface area contributed by atoms with Crippen molar-refractivity contribution in [1.29, 1.82) is 0 Å². The average Bonchev–Trinajstić information content (AvgIpc) is 2.63. The molecule has 3 rings (SSSR count). The molecule has 1 aromatic carbocycles. The van der Waals surface area contributed by atoms with Gasteiger partial charge < -0.3 is 10.0 Å². The van der Waals surface area contributed by atoms with Gasteiger partial charge in [0.15, 0.2) is 0 Å². The predicted octanol–water partition coefficient (Wildman–Crippen LogP) is 1.24. The quantitative estimate of drug-likeness (QED) is 0.651. The Morgan fingerprint density at radius 1 is 1.17 bits per heavy atom. The molecule has 2 aromatic rings. The van der Waals surface area contributed by atoms with Gasteiger partial charge in [0.2, 0.25) is 5.95 Å². The number of hydrogen-bond acceptors (Lipinski definition) is 7. The number of nitrogens with zero attached hydrogens (tertiary/aromatic N) is 5. The zero-order chi connectivity index (χ0) is 16.9. The highest BCUT2D eigenvalue weighted by Crippen LogP contribution is 2.21. The number of aromatic nitrogens is 2. The van der Waals surface area contributed by atoms with Crippen LogP contribution in [0.3, 0.4) is 0 Å². The molecule has 0 bridgehead atoms. The maximum absolute atomic E-state index is 10.8. The Labute approximate surface area is 139 Å². The van der Waals surface area contributed by atoms with Crippen molar-refractivity contribution in [2.24, 2.45) is 0 Å². The second-order valence-electron chi connectivity index (χ2n) is 5.70. The number of aliphatic hydroxyl groups is 1. The van der Waals surface area contributed by atoms with Crippen molar-refractivity contribution < 1.29 is 10.0 Å². The molecular formula is C16H19N5O3. The van der Waals surface area contributed by atoms with Gasteiger partial charge in [-0.15, -0.1) is 0 Å². The highest BCUT2D eigenvalue weighted by atomic mass is 16.6. The smallest absolute Gasteiger partial charge is 0.269 e. The van der Waals surface area contributed by atoms with Gasteiger partial charge in [0.05, 0.1) is 11.0 Å². The van der Waals surface area contributed by atoms with E-state index < -0.39 is 11.0 Å². The molecule has 126 valence electrons. The first-order chi connectivity index (χ1) is 11.6. The van der Waals surface area contributed by atoms with Crippen LogP contribution in [0.15, 0.2) is 42.7 Å². The Bertz CT molecular complexity index is 689. The fourth-order valence-corrected chi connectivity index (χ4v) is 2.78. The van der Waals surface area contributed by atoms with Crippen molar-refractivity contribution in [3.8, 4) is 0 Å². The number of nitro groups is 1. The zero-order valence-corrected chi connectivity index (χ0v) is 13.2. The summed E-state index contributed by atoms with van der Waals surface area (Å²) >= 11 is 0. The highest BCUT2D eigenvalue weighted by Gasteiger charge is 2.22. The van der Waals surface area contributed by atoms with Crippen molar-refractivity contribution in [3.63, 3.8) is 0 Å². The standard InChI is InChI=1S/C16H19N5O3/c22-15(13-3-1-4-14(11-13)21(23)24)12-19-7-9-20(10-8-19)16-17-5-2-6-18-16/h1-6,11,15,22H,7-10,12H2. The van der Waals surface area contributed by atoms with Gasteiger partial charge in [-0.1, -0.05) is 12.1 Å². The lowest BCUT2D eigenvalue weighted by Gasteiger charge is -2.35. The molecule has 0 spiro atoms. The SMILES string of the molecule is O=[N+]([O-])c1cccc(C(O)CN2CCN(c3ncccn3)CC2)c1. The summed E-state index contributed by atoms with van der Waals surface area (Å²) in [5.41, 5.74) is 0.565. The molecule has 0 aliphatic carbocycles. The van der Waals surface area contributed by atoms with Crippen LogP contribution in [0.1, 0.15) is 11.7 Å². The molecule has 0 amide bonds. The van der Waals surface area contributed by atoms with E-state index >= 15 is 0 Å². The van der Waals surface area contributed by atoms with Gasteiger partial charge in [-0.2, -0.15) is 0 Å². The van der Waals surface area contributed by atoms with Gasteiger partial charge in [-0.05, 0) is 11.6 Å². The largest absolute Gasteiger partial charge is 0.387 e. The molecule has 0 radical (unpaired) electrons. The van der Waals surface area contributed by atoms with Crippen molar-refractivity contribution in [3.05, 3.63) is 58.4 Å². The van der Waals surface area contributed by atoms with Crippen LogP contribution in [0, 0.1) is 10.1 Å². The number of piperazine rings is 1. The minimum absolute atomic E-state index is 0.00223. The second-order valence-corrected chi connectivity index (χ2v) is 5.70. The molecule has 24 heavy (non-hydrogen) atoms. The summed E-state index contributed by atoms with van der Waals surface area (Å²) in [7, 11) is 0. The van der Waals surface area contributed by atoms with Gasteiger partial charge in [0.25, 0.3) is 5.69 Å². The molecule has 1 aliphatic rings. The second kappa shape index (κ2) is 7.33. The predicted molar refractivity (Wildman–Crippen MR) is 88.7 cm³/mol. The summed E-state index contributed by atoms with van der Waals surface area (Å²) in [4.78, 5) is 23.1. The molecule has 1 fully saturated rings. The molecule has 1 aliphatic heterocycles. The molecular weight excluding hydrogens is 310 g/mol. The third-order valence-electron chi connectivity index (χ3n) is 4.10. The molecule has 2 heterocycles. The molecule has 1 N–H and O–H groups in total. The van der Waals surface area contributed by atoms with Crippen molar-refractivity contribution in [2.45, 2.75) is 6.10 Å². The summed E-state index contributed by atoms with van der Waals surface area (Å²) in [6.45, 7) is 3.58. The van der Waals surface area contributed by atoms with Gasteiger partial charge in [-0.3, -0.25) is 15.0 Å². The first-order valence-corrected chi connectivity index (χ1v) is 7.80. The lowest BCUT2D eigenvalue weighted by molar-refractivity contribution is -0.385. The van der Waals surface area contributed by atoms with Crippen molar-refractivity contribution in [1.82, 2.24) is 14.9 Å². The number of aliphatic hydroxyl groups excluding tert-OH is 1. The third-order valence-corrected chi connectivity index (χ3v) is 4.10. The number of benzene rings is 1. The van der Waals surface area contributed by atoms with E-state index in [1.165, 1.54) is 12.1 Å². The highest BCUT2D eigenvalue weighted by molar-refractivity contribution is 5.35. The number of nitro benzene ring substituents is 1. The minimum Gasteiger partial charge on any atom is -0.387 e. The average molecular weight is 329 g/mol. The van der Waals surface area contributed by atoms with E-state index in [1.807, 2.05) is 0 Å². The van der Waals surface area contributed by atoms with Gasteiger partial charge >= 0.3 is 0 Å². The first-order valence-electron chi connectivity index (χ1n) is 7.80. The summed E-state index contributed by atoms with van der Waals surface area (Å²) in [5.74, 6) is 0.719. The Morgan fingerprint density at radius 2 is 1.88 bits per heavy atom. The normalized spacial score (nSPS) is 16.8. The number of β-amino-alcohol motifs (C(OH)–C–C–N with tert-alkyl or cyclic N) is 1. The van der Waals surface area contributed by atoms with Crippen LogP contribution in [0.25, 0.3) is 0 Å². The van der Waals surface area contributed by atoms with E-state index in [0.717, 1.165) is 32.1 Å². The Kier molecular flexibility index (Phi) is 4.97. The number of rotatable bonds is 5. The maximum atomic E-state index is 10.8. The summed E-state index contributed by atoms with van der Waals surface area (Å²) in [6.07, 6.45) is 2.70. The van der Waals surface area contributed by atoms with Crippen LogP contribution in [-0.2, 0) is 0 Å². The van der Waals surface area contributed by atoms with E-state index in [0.29, 0.717) is 12.1 Å². The molecule has 1 unspecified atom stereocenters. The van der Waals surface area contributed by atoms with Crippen LogP contribution >= 0.6 is 0 Å². The maximum Gasteiger partial charge on any atom is 0.269 e. The lowest BCUT2D eigenvalue weighted by Crippen LogP contribution is -2.48. The number of anilines is 1. The van der Waals surface area contributed by atoms with Crippen molar-refractivity contribution >= 4 is 11.6 Å². The van der Waals surface area contributed by atoms with Gasteiger partial charge in [-0.25, -0.2) is 9.97 Å². The molecule has 1 aromatic heterocycles. The Morgan fingerprint density at radius 3 is 2.54 bits per heavy atom. The molecule has 1 atom stereocenters. The molecule has 0 saturated carbocycles. The van der Waals surface area contributed by atoms with E-state index in [1.54, 1.807) is 30.6 Å². The van der Waals surface area contributed by atoms with E-state index in [2.05, 4.69) is 19.8 Å². The number of non-ortho nitro benzene ring substituents is 1. The summed E-state index contributed by atoms with van der Waals surface area (Å²) in [5, 5.41) is 21.2. The first kappa shape index (κ1) is 16.3. The van der Waals surface area contributed by atoms with Crippen LogP contribution in [0.2, 0.25) is 0 Å². The van der Waals surface area contributed by atoms with E-state index in [9.17, 15) is 15.2 Å². The molecule has 1 saturated heterocycles. The van der Waals surface area contributed by atoms with E-state index in [4.69, 9.17) is 0 Å². The summed E-state index contributed by atoms with van der Waals surface area (Å²) < 4.78 is 0. The molecule has 8 heteroatoms. The Hall–Kier alpha value is -2.58.